The van der Waals surface area contributed by atoms with Gasteiger partial charge in [0, 0.05) is 37.4 Å². The minimum absolute atomic E-state index is 0.00885. The van der Waals surface area contributed by atoms with Crippen molar-refractivity contribution in [2.75, 3.05) is 18.4 Å². The van der Waals surface area contributed by atoms with Gasteiger partial charge in [0.1, 0.15) is 11.4 Å². The van der Waals surface area contributed by atoms with Crippen molar-refractivity contribution in [3.63, 3.8) is 0 Å². The van der Waals surface area contributed by atoms with Crippen LogP contribution >= 0.6 is 0 Å². The summed E-state index contributed by atoms with van der Waals surface area (Å²) in [5.41, 5.74) is -0.0540. The lowest BCUT2D eigenvalue weighted by atomic mass is 10.0. The van der Waals surface area contributed by atoms with E-state index in [9.17, 15) is 17.6 Å². The van der Waals surface area contributed by atoms with Crippen LogP contribution in [0.1, 0.15) is 24.1 Å². The number of alkyl halides is 3. The summed E-state index contributed by atoms with van der Waals surface area (Å²) < 4.78 is 55.4. The maximum absolute atomic E-state index is 14.1. The van der Waals surface area contributed by atoms with Crippen LogP contribution in [0.3, 0.4) is 0 Å². The van der Waals surface area contributed by atoms with Gasteiger partial charge in [-0.25, -0.2) is 4.39 Å². The molecule has 1 aromatic carbocycles. The lowest BCUT2D eigenvalue weighted by molar-refractivity contribution is -0.137. The quantitative estimate of drug-likeness (QED) is 0.546. The molecule has 0 amide bonds. The number of pyridine rings is 1. The average Bonchev–Trinajstić information content (AvgIpc) is 3.32. The standard InChI is InChI=1S/C24H23F4N5/c25-21-7-2-1-6-19(21)22-11-20(24(26,27)28)23(32-31-22)30-18-9-15-12-33(13-16(15)10-18)14-17-5-3-4-8-29-17/h1-8,11,15-16,18H,9-10,12-14H2,(H,30,32)/t15-,16+,18-. The number of aromatic nitrogens is 3. The predicted octanol–water partition coefficient (Wildman–Crippen LogP) is 5.02. The molecule has 1 saturated heterocycles. The Morgan fingerprint density at radius 1 is 0.970 bits per heavy atom. The molecule has 3 aromatic rings. The highest BCUT2D eigenvalue weighted by molar-refractivity contribution is 5.63. The number of likely N-dealkylation sites (tertiary alicyclic amines) is 1. The Kier molecular flexibility index (Phi) is 5.74. The molecular formula is C24H23F4N5. The molecule has 1 saturated carbocycles. The van der Waals surface area contributed by atoms with Gasteiger partial charge in [0.25, 0.3) is 0 Å². The van der Waals surface area contributed by atoms with Gasteiger partial charge in [-0.2, -0.15) is 13.2 Å². The number of halogens is 4. The first kappa shape index (κ1) is 21.8. The molecule has 9 heteroatoms. The second-order valence-corrected chi connectivity index (χ2v) is 8.82. The Morgan fingerprint density at radius 3 is 2.36 bits per heavy atom. The number of benzene rings is 1. The summed E-state index contributed by atoms with van der Waals surface area (Å²) in [6, 6.07) is 12.2. The molecule has 3 heterocycles. The molecule has 5 nitrogen and oxygen atoms in total. The molecule has 2 fully saturated rings. The van der Waals surface area contributed by atoms with Crippen molar-refractivity contribution in [3.8, 4) is 11.3 Å². The summed E-state index contributed by atoms with van der Waals surface area (Å²) in [4.78, 5) is 6.73. The maximum Gasteiger partial charge on any atom is 0.420 e. The van der Waals surface area contributed by atoms with E-state index in [1.54, 1.807) is 12.3 Å². The van der Waals surface area contributed by atoms with Gasteiger partial charge in [-0.05, 0) is 55.0 Å². The molecule has 1 aliphatic carbocycles. The van der Waals surface area contributed by atoms with E-state index in [0.29, 0.717) is 11.8 Å². The van der Waals surface area contributed by atoms with Gasteiger partial charge in [0.2, 0.25) is 0 Å². The number of nitrogens with zero attached hydrogens (tertiary/aromatic N) is 4. The van der Waals surface area contributed by atoms with Gasteiger partial charge in [-0.15, -0.1) is 10.2 Å². The van der Waals surface area contributed by atoms with E-state index in [-0.39, 0.29) is 23.1 Å². The predicted molar refractivity (Wildman–Crippen MR) is 116 cm³/mol. The molecule has 3 atom stereocenters. The fourth-order valence-corrected chi connectivity index (χ4v) is 5.07. The Hall–Kier alpha value is -3.07. The second kappa shape index (κ2) is 8.70. The minimum Gasteiger partial charge on any atom is -0.365 e. The summed E-state index contributed by atoms with van der Waals surface area (Å²) in [5, 5.41) is 10.7. The minimum atomic E-state index is -4.63. The van der Waals surface area contributed by atoms with E-state index in [1.165, 1.54) is 18.2 Å². The number of rotatable bonds is 5. The Balaban J connectivity index is 1.28. The number of anilines is 1. The van der Waals surface area contributed by atoms with Gasteiger partial charge in [-0.3, -0.25) is 9.88 Å². The monoisotopic (exact) mass is 457 g/mol. The second-order valence-electron chi connectivity index (χ2n) is 8.82. The summed E-state index contributed by atoms with van der Waals surface area (Å²) in [6.45, 7) is 2.60. The Labute approximate surface area is 188 Å². The van der Waals surface area contributed by atoms with Crippen LogP contribution in [0.15, 0.2) is 54.7 Å². The van der Waals surface area contributed by atoms with E-state index in [2.05, 4.69) is 25.4 Å². The van der Waals surface area contributed by atoms with Crippen LogP contribution in [0.25, 0.3) is 11.3 Å². The first-order valence-electron chi connectivity index (χ1n) is 11.0. The van der Waals surface area contributed by atoms with Gasteiger partial charge in [0.15, 0.2) is 5.82 Å². The van der Waals surface area contributed by atoms with E-state index in [0.717, 1.165) is 44.2 Å². The van der Waals surface area contributed by atoms with Crippen LogP contribution in [0.5, 0.6) is 0 Å². The normalized spacial score (nSPS) is 23.0. The van der Waals surface area contributed by atoms with Crippen LogP contribution in [0.2, 0.25) is 0 Å². The molecule has 0 spiro atoms. The van der Waals surface area contributed by atoms with Crippen LogP contribution in [-0.2, 0) is 12.7 Å². The molecule has 2 aromatic heterocycles. The largest absolute Gasteiger partial charge is 0.420 e. The van der Waals surface area contributed by atoms with E-state index < -0.39 is 17.6 Å². The Morgan fingerprint density at radius 2 is 1.70 bits per heavy atom. The first-order valence-corrected chi connectivity index (χ1v) is 11.0. The fourth-order valence-electron chi connectivity index (χ4n) is 5.07. The maximum atomic E-state index is 14.1. The summed E-state index contributed by atoms with van der Waals surface area (Å²) in [5.74, 6) is -0.0881. The van der Waals surface area contributed by atoms with E-state index >= 15 is 0 Å². The van der Waals surface area contributed by atoms with Crippen molar-refractivity contribution in [1.29, 1.82) is 0 Å². The molecule has 1 N–H and O–H groups in total. The van der Waals surface area contributed by atoms with E-state index in [1.807, 2.05) is 18.2 Å². The Bertz CT molecular complexity index is 1110. The lowest BCUT2D eigenvalue weighted by Crippen LogP contribution is -2.26. The molecule has 0 bridgehead atoms. The number of hydrogen-bond donors (Lipinski definition) is 1. The van der Waals surface area contributed by atoms with E-state index in [4.69, 9.17) is 0 Å². The average molecular weight is 457 g/mol. The fraction of sp³-hybridized carbons (Fsp3) is 0.375. The zero-order chi connectivity index (χ0) is 23.0. The summed E-state index contributed by atoms with van der Waals surface area (Å²) in [6.07, 6.45) is -1.30. The lowest BCUT2D eigenvalue weighted by Gasteiger charge is -2.21. The third-order valence-corrected chi connectivity index (χ3v) is 6.53. The zero-order valence-corrected chi connectivity index (χ0v) is 17.8. The van der Waals surface area contributed by atoms with Crippen LogP contribution in [-0.4, -0.2) is 39.2 Å². The molecule has 1 aliphatic heterocycles. The molecule has 5 rings (SSSR count). The number of fused-ring (bicyclic) bond motifs is 1. The summed E-state index contributed by atoms with van der Waals surface area (Å²) >= 11 is 0. The van der Waals surface area contributed by atoms with Gasteiger partial charge >= 0.3 is 6.18 Å². The highest BCUT2D eigenvalue weighted by atomic mass is 19.4. The molecule has 0 unspecified atom stereocenters. The van der Waals surface area contributed by atoms with Crippen molar-refractivity contribution in [1.82, 2.24) is 20.1 Å². The zero-order valence-electron chi connectivity index (χ0n) is 17.8. The molecule has 0 radical (unpaired) electrons. The van der Waals surface area contributed by atoms with Gasteiger partial charge in [-0.1, -0.05) is 18.2 Å². The van der Waals surface area contributed by atoms with Crippen LogP contribution in [0, 0.1) is 17.7 Å². The number of nitrogens with one attached hydrogen (secondary N) is 1. The topological polar surface area (TPSA) is 53.9 Å². The van der Waals surface area contributed by atoms with Crippen molar-refractivity contribution < 1.29 is 17.6 Å². The van der Waals surface area contributed by atoms with Crippen molar-refractivity contribution in [2.45, 2.75) is 31.6 Å². The van der Waals surface area contributed by atoms with Gasteiger partial charge in [0.05, 0.1) is 11.4 Å². The summed E-state index contributed by atoms with van der Waals surface area (Å²) in [7, 11) is 0. The highest BCUT2D eigenvalue weighted by Crippen LogP contribution is 2.41. The highest BCUT2D eigenvalue weighted by Gasteiger charge is 2.42. The van der Waals surface area contributed by atoms with Crippen LogP contribution < -0.4 is 5.32 Å². The third kappa shape index (κ3) is 4.68. The smallest absolute Gasteiger partial charge is 0.365 e. The van der Waals surface area contributed by atoms with Gasteiger partial charge < -0.3 is 5.32 Å². The van der Waals surface area contributed by atoms with Crippen molar-refractivity contribution in [2.24, 2.45) is 11.8 Å². The first-order chi connectivity index (χ1) is 15.9. The number of hydrogen-bond acceptors (Lipinski definition) is 5. The molecule has 2 aliphatic rings. The van der Waals surface area contributed by atoms with Crippen LogP contribution in [0.4, 0.5) is 23.4 Å². The third-order valence-electron chi connectivity index (χ3n) is 6.53. The SMILES string of the molecule is Fc1ccccc1-c1cc(C(F)(F)F)c(N[C@@H]2C[C@@H]3CN(Cc4ccccn4)C[C@@H]3C2)nn1. The molecule has 172 valence electrons. The van der Waals surface area contributed by atoms with Crippen molar-refractivity contribution >= 4 is 5.82 Å². The molecular weight excluding hydrogens is 434 g/mol. The molecule has 33 heavy (non-hydrogen) atoms. The van der Waals surface area contributed by atoms with Crippen molar-refractivity contribution in [3.05, 3.63) is 71.8 Å².